The van der Waals surface area contributed by atoms with Gasteiger partial charge in [0.2, 0.25) is 11.8 Å². The Morgan fingerprint density at radius 3 is 2.35 bits per heavy atom. The van der Waals surface area contributed by atoms with Gasteiger partial charge in [0.15, 0.2) is 0 Å². The zero-order chi connectivity index (χ0) is 12.3. The first-order valence-corrected chi connectivity index (χ1v) is 6.73. The summed E-state index contributed by atoms with van der Waals surface area (Å²) in [5, 5.41) is 0.289. The minimum atomic E-state index is -0.0391. The first-order chi connectivity index (χ1) is 8.18. The highest BCUT2D eigenvalue weighted by Crippen LogP contribution is 2.29. The molecule has 0 bridgehead atoms. The Labute approximate surface area is 105 Å². The van der Waals surface area contributed by atoms with Gasteiger partial charge in [0.05, 0.1) is 5.88 Å². The lowest BCUT2D eigenvalue weighted by atomic mass is 10.2. The smallest absolute Gasteiger partial charge is 0.230 e. The van der Waals surface area contributed by atoms with E-state index in [0.717, 1.165) is 0 Å². The number of carbonyl (C=O) groups is 2. The van der Waals surface area contributed by atoms with Gasteiger partial charge in [-0.1, -0.05) is 30.3 Å². The van der Waals surface area contributed by atoms with E-state index >= 15 is 0 Å². The van der Waals surface area contributed by atoms with Gasteiger partial charge < -0.3 is 0 Å². The van der Waals surface area contributed by atoms with Gasteiger partial charge >= 0.3 is 0 Å². The summed E-state index contributed by atoms with van der Waals surface area (Å²) < 4.78 is 0. The van der Waals surface area contributed by atoms with E-state index in [0.29, 0.717) is 18.7 Å². The molecular weight excluding hydrogens is 234 g/mol. The second-order valence-electron chi connectivity index (χ2n) is 4.06. The molecule has 4 heteroatoms. The zero-order valence-corrected chi connectivity index (χ0v) is 10.6. The number of imide groups is 1. The van der Waals surface area contributed by atoms with Crippen molar-refractivity contribution in [1.82, 2.24) is 4.90 Å². The first-order valence-electron chi connectivity index (χ1n) is 5.68. The Hall–Kier alpha value is -1.29. The molecule has 0 radical (unpaired) electrons. The van der Waals surface area contributed by atoms with Gasteiger partial charge in [0.1, 0.15) is 0 Å². The topological polar surface area (TPSA) is 37.4 Å². The summed E-state index contributed by atoms with van der Waals surface area (Å²) in [7, 11) is 0. The molecule has 1 unspecified atom stereocenters. The highest BCUT2D eigenvalue weighted by atomic mass is 32.2. The quantitative estimate of drug-likeness (QED) is 0.770. The van der Waals surface area contributed by atoms with Crippen LogP contribution in [0.2, 0.25) is 0 Å². The van der Waals surface area contributed by atoms with Crippen molar-refractivity contribution >= 4 is 23.6 Å². The second-order valence-corrected chi connectivity index (χ2v) is 5.36. The molecule has 2 amide bonds. The molecule has 17 heavy (non-hydrogen) atoms. The Morgan fingerprint density at radius 2 is 1.76 bits per heavy atom. The molecule has 1 aliphatic rings. The lowest BCUT2D eigenvalue weighted by molar-refractivity contribution is -0.137. The highest BCUT2D eigenvalue weighted by molar-refractivity contribution is 7.99. The molecule has 1 saturated heterocycles. The number of carbonyl (C=O) groups excluding carboxylic acids is 2. The van der Waals surface area contributed by atoms with E-state index < -0.39 is 0 Å². The standard InChI is InChI=1S/C13H15NO2S/c1-10(11-5-3-2-4-6-11)17-9-14-12(15)7-8-13(14)16/h2-6,10H,7-9H2,1H3. The van der Waals surface area contributed by atoms with Crippen LogP contribution in [-0.4, -0.2) is 22.6 Å². The number of amides is 2. The van der Waals surface area contributed by atoms with E-state index in [2.05, 4.69) is 19.1 Å². The van der Waals surface area contributed by atoms with Crippen LogP contribution in [0.1, 0.15) is 30.6 Å². The lowest BCUT2D eigenvalue weighted by Crippen LogP contribution is -2.28. The minimum absolute atomic E-state index is 0.0391. The van der Waals surface area contributed by atoms with Gasteiger partial charge in [-0.05, 0) is 12.5 Å². The third-order valence-corrected chi connectivity index (χ3v) is 4.06. The van der Waals surface area contributed by atoms with Crippen molar-refractivity contribution in [2.75, 3.05) is 5.88 Å². The van der Waals surface area contributed by atoms with Crippen LogP contribution >= 0.6 is 11.8 Å². The first kappa shape index (κ1) is 12.2. The summed E-state index contributed by atoms with van der Waals surface area (Å²) in [5.41, 5.74) is 1.22. The van der Waals surface area contributed by atoms with Gasteiger partial charge in [0, 0.05) is 18.1 Å². The maximum Gasteiger partial charge on any atom is 0.230 e. The molecule has 3 nitrogen and oxygen atoms in total. The van der Waals surface area contributed by atoms with Crippen LogP contribution in [0, 0.1) is 0 Å². The van der Waals surface area contributed by atoms with Crippen molar-refractivity contribution in [1.29, 1.82) is 0 Å². The van der Waals surface area contributed by atoms with Crippen LogP contribution in [0.15, 0.2) is 30.3 Å². The molecule has 1 aromatic rings. The molecule has 2 rings (SSSR count). The van der Waals surface area contributed by atoms with Gasteiger partial charge in [-0.15, -0.1) is 11.8 Å². The molecule has 1 fully saturated rings. The van der Waals surface area contributed by atoms with Gasteiger partial charge in [0.25, 0.3) is 0 Å². The number of hydrogen-bond acceptors (Lipinski definition) is 3. The Bertz CT molecular complexity index is 403. The molecule has 0 spiro atoms. The van der Waals surface area contributed by atoms with Crippen LogP contribution in [0.3, 0.4) is 0 Å². The van der Waals surface area contributed by atoms with Crippen molar-refractivity contribution < 1.29 is 9.59 Å². The fraction of sp³-hybridized carbons (Fsp3) is 0.385. The summed E-state index contributed by atoms with van der Waals surface area (Å²) in [6, 6.07) is 10.1. The number of rotatable bonds is 4. The fourth-order valence-corrected chi connectivity index (χ4v) is 2.78. The largest absolute Gasteiger partial charge is 0.274 e. The molecule has 0 N–H and O–H groups in total. The Kier molecular flexibility index (Phi) is 3.84. The van der Waals surface area contributed by atoms with Crippen molar-refractivity contribution in [3.05, 3.63) is 35.9 Å². The van der Waals surface area contributed by atoms with Crippen LogP contribution in [0.25, 0.3) is 0 Å². The van der Waals surface area contributed by atoms with Crippen molar-refractivity contribution in [3.63, 3.8) is 0 Å². The monoisotopic (exact) mass is 249 g/mol. The number of nitrogens with zero attached hydrogens (tertiary/aromatic N) is 1. The van der Waals surface area contributed by atoms with E-state index in [1.165, 1.54) is 10.5 Å². The van der Waals surface area contributed by atoms with Crippen molar-refractivity contribution in [3.8, 4) is 0 Å². The van der Waals surface area contributed by atoms with Gasteiger partial charge in [-0.25, -0.2) is 0 Å². The zero-order valence-electron chi connectivity index (χ0n) is 9.76. The summed E-state index contributed by atoms with van der Waals surface area (Å²) >= 11 is 1.62. The third kappa shape index (κ3) is 2.88. The second kappa shape index (κ2) is 5.36. The Balaban J connectivity index is 1.90. The maximum atomic E-state index is 11.4. The van der Waals surface area contributed by atoms with Crippen molar-refractivity contribution in [2.24, 2.45) is 0 Å². The molecule has 0 saturated carbocycles. The van der Waals surface area contributed by atoms with E-state index in [4.69, 9.17) is 0 Å². The summed E-state index contributed by atoms with van der Waals surface area (Å²) in [5.74, 6) is 0.388. The molecule has 0 aliphatic carbocycles. The minimum Gasteiger partial charge on any atom is -0.274 e. The van der Waals surface area contributed by atoms with Crippen LogP contribution in [0.4, 0.5) is 0 Å². The molecular formula is C13H15NO2S. The number of benzene rings is 1. The molecule has 1 atom stereocenters. The van der Waals surface area contributed by atoms with Gasteiger partial charge in [-0.2, -0.15) is 0 Å². The average molecular weight is 249 g/mol. The number of likely N-dealkylation sites (tertiary alicyclic amines) is 1. The van der Waals surface area contributed by atoms with Crippen LogP contribution < -0.4 is 0 Å². The van der Waals surface area contributed by atoms with Crippen LogP contribution in [-0.2, 0) is 9.59 Å². The van der Waals surface area contributed by atoms with E-state index in [-0.39, 0.29) is 17.1 Å². The molecule has 0 aromatic heterocycles. The molecule has 1 heterocycles. The normalized spacial score (nSPS) is 17.6. The fourth-order valence-electron chi connectivity index (χ4n) is 1.77. The molecule has 1 aromatic carbocycles. The summed E-state index contributed by atoms with van der Waals surface area (Å²) in [6.07, 6.45) is 0.748. The molecule has 90 valence electrons. The predicted molar refractivity (Wildman–Crippen MR) is 68.4 cm³/mol. The maximum absolute atomic E-state index is 11.4. The van der Waals surface area contributed by atoms with E-state index in [9.17, 15) is 9.59 Å². The highest BCUT2D eigenvalue weighted by Gasteiger charge is 2.28. The van der Waals surface area contributed by atoms with E-state index in [1.807, 2.05) is 18.2 Å². The lowest BCUT2D eigenvalue weighted by Gasteiger charge is -2.17. The Morgan fingerprint density at radius 1 is 1.18 bits per heavy atom. The number of hydrogen-bond donors (Lipinski definition) is 0. The van der Waals surface area contributed by atoms with E-state index in [1.54, 1.807) is 11.8 Å². The molecule has 1 aliphatic heterocycles. The summed E-state index contributed by atoms with van der Waals surface area (Å²) in [4.78, 5) is 24.2. The SMILES string of the molecule is CC(SCN1C(=O)CCC1=O)c1ccccc1. The third-order valence-electron chi connectivity index (χ3n) is 2.88. The van der Waals surface area contributed by atoms with Crippen molar-refractivity contribution in [2.45, 2.75) is 25.0 Å². The average Bonchev–Trinajstić information content (AvgIpc) is 2.67. The summed E-state index contributed by atoms with van der Waals surface area (Å²) in [6.45, 7) is 2.09. The van der Waals surface area contributed by atoms with Gasteiger partial charge in [-0.3, -0.25) is 14.5 Å². The predicted octanol–water partition coefficient (Wildman–Crippen LogP) is 2.59. The number of thioether (sulfide) groups is 1. The van der Waals surface area contributed by atoms with Crippen LogP contribution in [0.5, 0.6) is 0 Å².